The average Bonchev–Trinajstić information content (AvgIpc) is 2.52. The highest BCUT2D eigenvalue weighted by molar-refractivity contribution is 5.94. The molecular formula is C20H25N3O3. The van der Waals surface area contributed by atoms with Crippen molar-refractivity contribution in [1.82, 2.24) is 4.57 Å². The van der Waals surface area contributed by atoms with Gasteiger partial charge in [0.25, 0.3) is 11.5 Å². The Balaban J connectivity index is 2.37. The van der Waals surface area contributed by atoms with Crippen molar-refractivity contribution in [2.75, 3.05) is 5.32 Å². The SMILES string of the molecule is Cc1cccc(C(C)C)c1NC(=O)Cn1c(C)cc(C)c(C(N)=O)c1=O. The number of primary amides is 1. The fourth-order valence-corrected chi connectivity index (χ4v) is 3.09. The number of hydrogen-bond donors (Lipinski definition) is 2. The molecule has 2 rings (SSSR count). The Bertz CT molecular complexity index is 927. The van der Waals surface area contributed by atoms with Crippen LogP contribution in [0, 0.1) is 20.8 Å². The number of carbonyl (C=O) groups excluding carboxylic acids is 2. The smallest absolute Gasteiger partial charge is 0.264 e. The molecule has 0 aliphatic carbocycles. The number of anilines is 1. The van der Waals surface area contributed by atoms with Gasteiger partial charge in [0.15, 0.2) is 0 Å². The van der Waals surface area contributed by atoms with Gasteiger partial charge in [-0.05, 0) is 49.4 Å². The Morgan fingerprint density at radius 2 is 1.81 bits per heavy atom. The fraction of sp³-hybridized carbons (Fsp3) is 0.350. The second kappa shape index (κ2) is 7.56. The predicted molar refractivity (Wildman–Crippen MR) is 103 cm³/mol. The number of rotatable bonds is 5. The molecular weight excluding hydrogens is 330 g/mol. The lowest BCUT2D eigenvalue weighted by molar-refractivity contribution is -0.116. The second-order valence-corrected chi connectivity index (χ2v) is 6.84. The normalized spacial score (nSPS) is 10.8. The van der Waals surface area contributed by atoms with E-state index < -0.39 is 11.5 Å². The van der Waals surface area contributed by atoms with Gasteiger partial charge in [0.05, 0.1) is 0 Å². The van der Waals surface area contributed by atoms with Gasteiger partial charge in [-0.25, -0.2) is 0 Å². The molecule has 0 unspecified atom stereocenters. The predicted octanol–water partition coefficient (Wildman–Crippen LogP) is 2.63. The van der Waals surface area contributed by atoms with Gasteiger partial charge in [-0.2, -0.15) is 0 Å². The van der Waals surface area contributed by atoms with Crippen LogP contribution in [0.5, 0.6) is 0 Å². The quantitative estimate of drug-likeness (QED) is 0.863. The molecule has 0 saturated heterocycles. The molecule has 0 spiro atoms. The Morgan fingerprint density at radius 1 is 1.15 bits per heavy atom. The van der Waals surface area contributed by atoms with E-state index in [0.29, 0.717) is 11.3 Å². The summed E-state index contributed by atoms with van der Waals surface area (Å²) < 4.78 is 1.27. The number of amides is 2. The van der Waals surface area contributed by atoms with Gasteiger partial charge in [0.2, 0.25) is 5.91 Å². The zero-order valence-corrected chi connectivity index (χ0v) is 15.8. The van der Waals surface area contributed by atoms with E-state index >= 15 is 0 Å². The zero-order valence-electron chi connectivity index (χ0n) is 15.8. The Kier molecular flexibility index (Phi) is 5.65. The molecule has 3 N–H and O–H groups in total. The van der Waals surface area contributed by atoms with Crippen LogP contribution >= 0.6 is 0 Å². The summed E-state index contributed by atoms with van der Waals surface area (Å²) >= 11 is 0. The largest absolute Gasteiger partial charge is 0.365 e. The molecule has 1 aromatic heterocycles. The van der Waals surface area contributed by atoms with E-state index in [-0.39, 0.29) is 23.9 Å². The maximum Gasteiger partial charge on any atom is 0.264 e. The number of carbonyl (C=O) groups is 2. The van der Waals surface area contributed by atoms with Crippen LogP contribution in [0.2, 0.25) is 0 Å². The number of benzene rings is 1. The van der Waals surface area contributed by atoms with E-state index in [1.165, 1.54) is 4.57 Å². The highest BCUT2D eigenvalue weighted by Crippen LogP contribution is 2.27. The van der Waals surface area contributed by atoms with Crippen LogP contribution in [0.4, 0.5) is 5.69 Å². The Labute approximate surface area is 153 Å². The lowest BCUT2D eigenvalue weighted by Crippen LogP contribution is -2.35. The van der Waals surface area contributed by atoms with Crippen molar-refractivity contribution in [2.24, 2.45) is 5.73 Å². The summed E-state index contributed by atoms with van der Waals surface area (Å²) in [6, 6.07) is 7.54. The molecule has 0 aliphatic rings. The van der Waals surface area contributed by atoms with E-state index in [0.717, 1.165) is 16.8 Å². The van der Waals surface area contributed by atoms with Gasteiger partial charge in [0.1, 0.15) is 12.1 Å². The summed E-state index contributed by atoms with van der Waals surface area (Å²) in [6.45, 7) is 9.23. The average molecular weight is 355 g/mol. The summed E-state index contributed by atoms with van der Waals surface area (Å²) in [5.41, 5.74) is 8.55. The van der Waals surface area contributed by atoms with Crippen LogP contribution in [0.1, 0.15) is 52.5 Å². The van der Waals surface area contributed by atoms with E-state index in [1.807, 2.05) is 25.1 Å². The van der Waals surface area contributed by atoms with Gasteiger partial charge >= 0.3 is 0 Å². The molecule has 2 aromatic rings. The number of aryl methyl sites for hydroxylation is 3. The topological polar surface area (TPSA) is 94.2 Å². The molecule has 2 amide bonds. The van der Waals surface area contributed by atoms with Crippen LogP contribution in [-0.2, 0) is 11.3 Å². The van der Waals surface area contributed by atoms with Gasteiger partial charge < -0.3 is 15.6 Å². The summed E-state index contributed by atoms with van der Waals surface area (Å²) in [6.07, 6.45) is 0. The molecule has 0 atom stereocenters. The Morgan fingerprint density at radius 3 is 2.38 bits per heavy atom. The third-order valence-corrected chi connectivity index (χ3v) is 4.44. The lowest BCUT2D eigenvalue weighted by Gasteiger charge is -2.18. The van der Waals surface area contributed by atoms with Crippen molar-refractivity contribution in [3.05, 3.63) is 62.6 Å². The van der Waals surface area contributed by atoms with Crippen LogP contribution in [-0.4, -0.2) is 16.4 Å². The highest BCUT2D eigenvalue weighted by Gasteiger charge is 2.18. The van der Waals surface area contributed by atoms with Gasteiger partial charge in [-0.3, -0.25) is 14.4 Å². The minimum absolute atomic E-state index is 0.0813. The molecule has 0 fully saturated rings. The number of nitrogens with two attached hydrogens (primary N) is 1. The van der Waals surface area contributed by atoms with E-state index in [1.54, 1.807) is 19.9 Å². The molecule has 6 heteroatoms. The molecule has 138 valence electrons. The number of para-hydroxylation sites is 1. The van der Waals surface area contributed by atoms with Crippen LogP contribution < -0.4 is 16.6 Å². The van der Waals surface area contributed by atoms with E-state index in [2.05, 4.69) is 19.2 Å². The van der Waals surface area contributed by atoms with Gasteiger partial charge in [0, 0.05) is 11.4 Å². The summed E-state index contributed by atoms with van der Waals surface area (Å²) in [5.74, 6) is -0.871. The molecule has 6 nitrogen and oxygen atoms in total. The maximum absolute atomic E-state index is 12.6. The molecule has 0 aliphatic heterocycles. The molecule has 1 aromatic carbocycles. The van der Waals surface area contributed by atoms with Crippen molar-refractivity contribution in [1.29, 1.82) is 0 Å². The van der Waals surface area contributed by atoms with Crippen LogP contribution in [0.25, 0.3) is 0 Å². The highest BCUT2D eigenvalue weighted by atomic mass is 16.2. The van der Waals surface area contributed by atoms with Gasteiger partial charge in [-0.1, -0.05) is 32.0 Å². The van der Waals surface area contributed by atoms with E-state index in [9.17, 15) is 14.4 Å². The lowest BCUT2D eigenvalue weighted by atomic mass is 9.98. The second-order valence-electron chi connectivity index (χ2n) is 6.84. The Hall–Kier alpha value is -2.89. The number of pyridine rings is 1. The monoisotopic (exact) mass is 355 g/mol. The third kappa shape index (κ3) is 3.85. The first-order chi connectivity index (χ1) is 12.1. The number of nitrogens with zero attached hydrogens (tertiary/aromatic N) is 1. The third-order valence-electron chi connectivity index (χ3n) is 4.44. The minimum Gasteiger partial charge on any atom is -0.365 e. The molecule has 0 radical (unpaired) electrons. The standard InChI is InChI=1S/C20H25N3O3/c1-11(2)15-8-6-7-12(3)18(15)22-16(24)10-23-14(5)9-13(4)17(19(21)25)20(23)26/h6-9,11H,10H2,1-5H3,(H2,21,25)(H,22,24). The van der Waals surface area contributed by atoms with Crippen LogP contribution in [0.3, 0.4) is 0 Å². The first kappa shape index (κ1) is 19.4. The molecule has 0 bridgehead atoms. The van der Waals surface area contributed by atoms with Gasteiger partial charge in [-0.15, -0.1) is 0 Å². The van der Waals surface area contributed by atoms with Crippen molar-refractivity contribution >= 4 is 17.5 Å². The van der Waals surface area contributed by atoms with Crippen molar-refractivity contribution in [3.8, 4) is 0 Å². The molecule has 0 saturated carbocycles. The first-order valence-corrected chi connectivity index (χ1v) is 8.53. The minimum atomic E-state index is -0.789. The number of aromatic nitrogens is 1. The zero-order chi connectivity index (χ0) is 19.6. The van der Waals surface area contributed by atoms with Crippen molar-refractivity contribution < 1.29 is 9.59 Å². The number of hydrogen-bond acceptors (Lipinski definition) is 3. The van der Waals surface area contributed by atoms with Crippen LogP contribution in [0.15, 0.2) is 29.1 Å². The van der Waals surface area contributed by atoms with Crippen molar-refractivity contribution in [2.45, 2.75) is 47.1 Å². The fourth-order valence-electron chi connectivity index (χ4n) is 3.09. The summed E-state index contributed by atoms with van der Waals surface area (Å²) in [5, 5.41) is 2.91. The molecule has 26 heavy (non-hydrogen) atoms. The summed E-state index contributed by atoms with van der Waals surface area (Å²) in [4.78, 5) is 36.7. The summed E-state index contributed by atoms with van der Waals surface area (Å²) in [7, 11) is 0. The van der Waals surface area contributed by atoms with E-state index in [4.69, 9.17) is 5.73 Å². The first-order valence-electron chi connectivity index (χ1n) is 8.53. The number of nitrogens with one attached hydrogen (secondary N) is 1. The van der Waals surface area contributed by atoms with Crippen molar-refractivity contribution in [3.63, 3.8) is 0 Å². The maximum atomic E-state index is 12.6. The molecule has 1 heterocycles.